The molecule has 5 nitrogen and oxygen atoms in total. The lowest BCUT2D eigenvalue weighted by Gasteiger charge is -2.31. The van der Waals surface area contributed by atoms with E-state index in [1.54, 1.807) is 24.3 Å². The molecule has 1 heterocycles. The van der Waals surface area contributed by atoms with Crippen LogP contribution in [0.1, 0.15) is 22.8 Å². The van der Waals surface area contributed by atoms with Crippen LogP contribution in [-0.2, 0) is 15.8 Å². The molecule has 0 amide bonds. The number of primary sulfonamides is 1. The molecule has 9 heteroatoms. The van der Waals surface area contributed by atoms with Gasteiger partial charge in [0.25, 0.3) is 0 Å². The molecule has 3 aromatic rings. The van der Waals surface area contributed by atoms with Gasteiger partial charge in [0, 0.05) is 10.0 Å². The van der Waals surface area contributed by atoms with Crippen LogP contribution in [0.3, 0.4) is 0 Å². The summed E-state index contributed by atoms with van der Waals surface area (Å²) in [6, 6.07) is 17.3. The Morgan fingerprint density at radius 3 is 2.47 bits per heavy atom. The molecule has 1 aliphatic rings. The zero-order valence-electron chi connectivity index (χ0n) is 15.4. The van der Waals surface area contributed by atoms with Gasteiger partial charge in [-0.15, -0.1) is 0 Å². The maximum absolute atomic E-state index is 13.0. The molecule has 1 aliphatic heterocycles. The van der Waals surface area contributed by atoms with E-state index < -0.39 is 22.7 Å². The van der Waals surface area contributed by atoms with Gasteiger partial charge in [-0.1, -0.05) is 64.5 Å². The van der Waals surface area contributed by atoms with Gasteiger partial charge >= 0.3 is 6.61 Å². The van der Waals surface area contributed by atoms with E-state index in [1.165, 1.54) is 6.07 Å². The largest absolute Gasteiger partial charge is 0.480 e. The summed E-state index contributed by atoms with van der Waals surface area (Å²) in [4.78, 5) is 0. The van der Waals surface area contributed by atoms with Gasteiger partial charge in [-0.3, -0.25) is 0 Å². The topological polar surface area (TPSA) is 78.6 Å². The lowest BCUT2D eigenvalue weighted by atomic mass is 9.88. The van der Waals surface area contributed by atoms with Crippen LogP contribution in [0.5, 0.6) is 11.5 Å². The number of rotatable bonds is 5. The minimum atomic E-state index is -3.79. The van der Waals surface area contributed by atoms with Crippen molar-refractivity contribution in [2.24, 2.45) is 5.14 Å². The minimum Gasteiger partial charge on any atom is -0.480 e. The second-order valence-electron chi connectivity index (χ2n) is 6.72. The molecule has 156 valence electrons. The number of hydrogen-bond donors (Lipinski definition) is 1. The van der Waals surface area contributed by atoms with Gasteiger partial charge in [-0.25, -0.2) is 13.6 Å². The van der Waals surface area contributed by atoms with Crippen LogP contribution in [0, 0.1) is 0 Å². The fraction of sp³-hybridized carbons (Fsp3) is 0.143. The molecule has 0 bridgehead atoms. The molecular weight excluding hydrogens is 480 g/mol. The van der Waals surface area contributed by atoms with Crippen molar-refractivity contribution in [1.29, 1.82) is 0 Å². The number of ether oxygens (including phenoxy) is 2. The predicted octanol–water partition coefficient (Wildman–Crippen LogP) is 4.99. The maximum atomic E-state index is 13.0. The molecular formula is C21H16BrF2NO4S. The molecule has 3 aromatic carbocycles. The highest BCUT2D eigenvalue weighted by Crippen LogP contribution is 2.51. The summed E-state index contributed by atoms with van der Waals surface area (Å²) in [5.41, 5.74) is 2.85. The molecule has 0 saturated heterocycles. The van der Waals surface area contributed by atoms with E-state index in [-0.39, 0.29) is 11.5 Å². The van der Waals surface area contributed by atoms with Gasteiger partial charge in [-0.2, -0.15) is 8.78 Å². The zero-order valence-corrected chi connectivity index (χ0v) is 17.8. The SMILES string of the molecule is NS(=O)(=O)Cc1ccc2c(c1Br)C(c1ccccc1)Oc1cccc(OC(F)F)c1-2. The van der Waals surface area contributed by atoms with Gasteiger partial charge < -0.3 is 9.47 Å². The first-order chi connectivity index (χ1) is 14.2. The molecule has 1 unspecified atom stereocenters. The van der Waals surface area contributed by atoms with Crippen molar-refractivity contribution in [2.75, 3.05) is 0 Å². The molecule has 0 aliphatic carbocycles. The van der Waals surface area contributed by atoms with Crippen LogP contribution in [0.4, 0.5) is 8.78 Å². The minimum absolute atomic E-state index is 0.0265. The average molecular weight is 496 g/mol. The molecule has 0 aromatic heterocycles. The Morgan fingerprint density at radius 2 is 1.80 bits per heavy atom. The summed E-state index contributed by atoms with van der Waals surface area (Å²) in [5, 5.41) is 5.23. The Kier molecular flexibility index (Phi) is 5.52. The highest BCUT2D eigenvalue weighted by Gasteiger charge is 2.33. The first kappa shape index (κ1) is 20.8. The number of nitrogens with two attached hydrogens (primary N) is 1. The van der Waals surface area contributed by atoms with Crippen LogP contribution in [0.2, 0.25) is 0 Å². The Hall–Kier alpha value is -2.49. The molecule has 0 fully saturated rings. The lowest BCUT2D eigenvalue weighted by Crippen LogP contribution is -2.19. The number of hydrogen-bond acceptors (Lipinski definition) is 4. The Bertz CT molecular complexity index is 1200. The highest BCUT2D eigenvalue weighted by atomic mass is 79.9. The number of fused-ring (bicyclic) bond motifs is 3. The Morgan fingerprint density at radius 1 is 1.07 bits per heavy atom. The van der Waals surface area contributed by atoms with Gasteiger partial charge in [0.2, 0.25) is 10.0 Å². The van der Waals surface area contributed by atoms with Crippen LogP contribution in [0.15, 0.2) is 65.1 Å². The van der Waals surface area contributed by atoms with Crippen molar-refractivity contribution >= 4 is 26.0 Å². The number of sulfonamides is 1. The Labute approximate surface area is 180 Å². The van der Waals surface area contributed by atoms with Crippen molar-refractivity contribution < 1.29 is 26.7 Å². The van der Waals surface area contributed by atoms with Crippen LogP contribution < -0.4 is 14.6 Å². The van der Waals surface area contributed by atoms with Gasteiger partial charge in [0.15, 0.2) is 6.10 Å². The van der Waals surface area contributed by atoms with E-state index in [4.69, 9.17) is 14.6 Å². The summed E-state index contributed by atoms with van der Waals surface area (Å²) in [6.45, 7) is -3.00. The lowest BCUT2D eigenvalue weighted by molar-refractivity contribution is -0.0496. The zero-order chi connectivity index (χ0) is 21.5. The van der Waals surface area contributed by atoms with Crippen LogP contribution in [0.25, 0.3) is 11.1 Å². The normalized spacial score (nSPS) is 15.3. The first-order valence-electron chi connectivity index (χ1n) is 8.86. The number of alkyl halides is 2. The van der Waals surface area contributed by atoms with Crippen molar-refractivity contribution in [3.63, 3.8) is 0 Å². The quantitative estimate of drug-likeness (QED) is 0.540. The fourth-order valence-corrected chi connectivity index (χ4v) is 5.11. The number of benzene rings is 3. The van der Waals surface area contributed by atoms with E-state index in [9.17, 15) is 17.2 Å². The second kappa shape index (κ2) is 7.98. The molecule has 4 rings (SSSR count). The summed E-state index contributed by atoms with van der Waals surface area (Å²) >= 11 is 3.50. The summed E-state index contributed by atoms with van der Waals surface area (Å²) < 4.78 is 60.7. The van der Waals surface area contributed by atoms with E-state index in [2.05, 4.69) is 15.9 Å². The molecule has 1 atom stereocenters. The van der Waals surface area contributed by atoms with Gasteiger partial charge in [0.1, 0.15) is 11.5 Å². The summed E-state index contributed by atoms with van der Waals surface area (Å²) in [6.07, 6.45) is -0.592. The third-order valence-corrected chi connectivity index (χ3v) is 6.35. The standard InChI is InChI=1S/C21H16BrF2NO4S/c22-19-13(11-30(25,26)27)9-10-14-17-15(7-4-8-16(17)29-21(23)24)28-20(18(14)19)12-5-2-1-3-6-12/h1-10,20-21H,11H2,(H2,25,26,27). The first-order valence-corrected chi connectivity index (χ1v) is 11.4. The monoisotopic (exact) mass is 495 g/mol. The van der Waals surface area contributed by atoms with Crippen molar-refractivity contribution in [1.82, 2.24) is 0 Å². The summed E-state index contributed by atoms with van der Waals surface area (Å²) in [7, 11) is -3.79. The third-order valence-electron chi connectivity index (χ3n) is 4.70. The van der Waals surface area contributed by atoms with Crippen LogP contribution in [-0.4, -0.2) is 15.0 Å². The molecule has 0 spiro atoms. The summed E-state index contributed by atoms with van der Waals surface area (Å²) in [5.74, 6) is -0.0216. The maximum Gasteiger partial charge on any atom is 0.387 e. The molecule has 2 N–H and O–H groups in total. The molecule has 30 heavy (non-hydrogen) atoms. The van der Waals surface area contributed by atoms with Crippen molar-refractivity contribution in [3.8, 4) is 22.6 Å². The predicted molar refractivity (Wildman–Crippen MR) is 112 cm³/mol. The number of halogens is 3. The van der Waals surface area contributed by atoms with E-state index in [0.717, 1.165) is 5.56 Å². The molecule has 0 radical (unpaired) electrons. The van der Waals surface area contributed by atoms with Crippen molar-refractivity contribution in [3.05, 3.63) is 81.8 Å². The van der Waals surface area contributed by atoms with Gasteiger partial charge in [0.05, 0.1) is 11.3 Å². The fourth-order valence-electron chi connectivity index (χ4n) is 3.56. The highest BCUT2D eigenvalue weighted by molar-refractivity contribution is 9.10. The smallest absolute Gasteiger partial charge is 0.387 e. The molecule has 0 saturated carbocycles. The average Bonchev–Trinajstić information content (AvgIpc) is 2.68. The van der Waals surface area contributed by atoms with Crippen molar-refractivity contribution in [2.45, 2.75) is 18.5 Å². The van der Waals surface area contributed by atoms with E-state index >= 15 is 0 Å². The Balaban J connectivity index is 1.97. The van der Waals surface area contributed by atoms with E-state index in [1.807, 2.05) is 30.3 Å². The van der Waals surface area contributed by atoms with Crippen LogP contribution >= 0.6 is 15.9 Å². The second-order valence-corrected chi connectivity index (χ2v) is 9.13. The third kappa shape index (κ3) is 4.05. The van der Waals surface area contributed by atoms with Gasteiger partial charge in [-0.05, 0) is 28.8 Å². The van der Waals surface area contributed by atoms with E-state index in [0.29, 0.717) is 32.5 Å².